The predicted octanol–water partition coefficient (Wildman–Crippen LogP) is 2.68. The van der Waals surface area contributed by atoms with E-state index in [0.29, 0.717) is 0 Å². The number of imide groups is 1. The van der Waals surface area contributed by atoms with Gasteiger partial charge in [0.15, 0.2) is 0 Å². The highest BCUT2D eigenvalue weighted by molar-refractivity contribution is 7.81. The molecule has 2 amide bonds. The Morgan fingerprint density at radius 2 is 1.14 bits per heavy atom. The summed E-state index contributed by atoms with van der Waals surface area (Å²) in [5.41, 5.74) is 0.0536. The van der Waals surface area contributed by atoms with Crippen LogP contribution >= 0.6 is 0 Å². The van der Waals surface area contributed by atoms with E-state index in [1.165, 1.54) is 24.3 Å². The smallest absolute Gasteiger partial charge is 0.266 e. The van der Waals surface area contributed by atoms with Gasteiger partial charge in [0.25, 0.3) is 11.8 Å². The molecule has 0 atom stereocenters. The van der Waals surface area contributed by atoms with Crippen molar-refractivity contribution in [3.8, 4) is 0 Å². The standard InChI is InChI=1S/C17H10F3NO6S/c18-17(19,20)26-28(24,25)27-21-15(22)13(11-7-3-1-4-8-11)14(16(21)23)12-9-5-2-6-10-12/h1-10H. The number of hydrogen-bond donors (Lipinski definition) is 0. The first-order chi connectivity index (χ1) is 13.1. The minimum absolute atomic E-state index is 0.223. The highest BCUT2D eigenvalue weighted by atomic mass is 32.3. The van der Waals surface area contributed by atoms with E-state index in [1.807, 2.05) is 0 Å². The lowest BCUT2D eigenvalue weighted by atomic mass is 9.96. The molecule has 2 aromatic carbocycles. The molecule has 0 bridgehead atoms. The second-order valence-electron chi connectivity index (χ2n) is 5.40. The highest BCUT2D eigenvalue weighted by Gasteiger charge is 2.46. The summed E-state index contributed by atoms with van der Waals surface area (Å²) in [5, 5.41) is -0.272. The van der Waals surface area contributed by atoms with Gasteiger partial charge in [0, 0.05) is 0 Å². The minimum Gasteiger partial charge on any atom is -0.266 e. The normalized spacial score (nSPS) is 15.5. The molecule has 146 valence electrons. The predicted molar refractivity (Wildman–Crippen MR) is 88.7 cm³/mol. The number of benzene rings is 2. The third-order valence-corrected chi connectivity index (χ3v) is 4.26. The number of rotatable bonds is 5. The van der Waals surface area contributed by atoms with Gasteiger partial charge in [-0.1, -0.05) is 60.7 Å². The van der Waals surface area contributed by atoms with E-state index >= 15 is 0 Å². The van der Waals surface area contributed by atoms with Crippen LogP contribution in [0.1, 0.15) is 11.1 Å². The van der Waals surface area contributed by atoms with Crippen LogP contribution in [0.4, 0.5) is 13.2 Å². The van der Waals surface area contributed by atoms with Crippen LogP contribution in [0.2, 0.25) is 0 Å². The summed E-state index contributed by atoms with van der Waals surface area (Å²) in [5.74, 6) is -2.49. The zero-order valence-electron chi connectivity index (χ0n) is 13.7. The van der Waals surface area contributed by atoms with Crippen molar-refractivity contribution in [1.29, 1.82) is 0 Å². The van der Waals surface area contributed by atoms with E-state index in [4.69, 9.17) is 0 Å². The third-order valence-electron chi connectivity index (χ3n) is 3.53. The second-order valence-corrected chi connectivity index (χ2v) is 6.53. The number of hydrogen-bond acceptors (Lipinski definition) is 6. The molecule has 0 saturated heterocycles. The fourth-order valence-corrected chi connectivity index (χ4v) is 3.12. The quantitative estimate of drug-likeness (QED) is 0.701. The lowest BCUT2D eigenvalue weighted by molar-refractivity contribution is -0.278. The molecule has 1 aliphatic heterocycles. The van der Waals surface area contributed by atoms with Crippen molar-refractivity contribution in [3.63, 3.8) is 0 Å². The Kier molecular flexibility index (Phi) is 5.06. The van der Waals surface area contributed by atoms with Gasteiger partial charge in [-0.05, 0) is 11.1 Å². The number of nitrogens with zero attached hydrogens (tertiary/aromatic N) is 1. The molecule has 0 saturated carbocycles. The summed E-state index contributed by atoms with van der Waals surface area (Å²) < 4.78 is 66.4. The first-order valence-corrected chi connectivity index (χ1v) is 8.88. The molecule has 0 aromatic heterocycles. The van der Waals surface area contributed by atoms with Crippen LogP contribution in [-0.4, -0.2) is 31.7 Å². The Morgan fingerprint density at radius 3 is 1.50 bits per heavy atom. The van der Waals surface area contributed by atoms with Gasteiger partial charge in [0.05, 0.1) is 11.1 Å². The average Bonchev–Trinajstić information content (AvgIpc) is 2.85. The van der Waals surface area contributed by atoms with Crippen molar-refractivity contribution in [3.05, 3.63) is 71.8 Å². The van der Waals surface area contributed by atoms with E-state index < -0.39 is 28.6 Å². The van der Waals surface area contributed by atoms with Gasteiger partial charge in [-0.25, -0.2) is 0 Å². The molecule has 0 fully saturated rings. The van der Waals surface area contributed by atoms with Crippen molar-refractivity contribution in [1.82, 2.24) is 5.06 Å². The van der Waals surface area contributed by atoms with Gasteiger partial charge in [-0.15, -0.1) is 26.7 Å². The number of hydroxylamine groups is 2. The van der Waals surface area contributed by atoms with Crippen molar-refractivity contribution in [2.45, 2.75) is 6.36 Å². The Bertz CT molecular complexity index is 988. The molecule has 1 aliphatic rings. The molecule has 1 heterocycles. The molecule has 11 heteroatoms. The van der Waals surface area contributed by atoms with E-state index in [0.717, 1.165) is 0 Å². The molecule has 0 N–H and O–H groups in total. The molecule has 0 radical (unpaired) electrons. The maximum absolute atomic E-state index is 12.7. The molecule has 7 nitrogen and oxygen atoms in total. The van der Waals surface area contributed by atoms with Crippen molar-refractivity contribution < 1.29 is 39.6 Å². The zero-order chi connectivity index (χ0) is 20.5. The summed E-state index contributed by atoms with van der Waals surface area (Å²) in [6, 6.07) is 15.5. The lowest BCUT2D eigenvalue weighted by Crippen LogP contribution is -2.36. The van der Waals surface area contributed by atoms with Crippen LogP contribution in [0.5, 0.6) is 0 Å². The fraction of sp³-hybridized carbons (Fsp3) is 0.0588. The molecule has 0 unspecified atom stereocenters. The lowest BCUT2D eigenvalue weighted by Gasteiger charge is -2.14. The monoisotopic (exact) mass is 413 g/mol. The number of amides is 2. The minimum atomic E-state index is -5.77. The van der Waals surface area contributed by atoms with E-state index in [9.17, 15) is 31.2 Å². The maximum Gasteiger partial charge on any atom is 0.538 e. The van der Waals surface area contributed by atoms with Crippen molar-refractivity contribution >= 4 is 33.4 Å². The summed E-state index contributed by atoms with van der Waals surface area (Å²) in [4.78, 5) is 25.3. The van der Waals surface area contributed by atoms with Crippen LogP contribution in [0.3, 0.4) is 0 Å². The Morgan fingerprint density at radius 1 is 0.750 bits per heavy atom. The van der Waals surface area contributed by atoms with Crippen molar-refractivity contribution in [2.75, 3.05) is 0 Å². The summed E-state index contributed by atoms with van der Waals surface area (Å²) in [6.07, 6.45) is -5.59. The molecule has 0 aliphatic carbocycles. The molecule has 0 spiro atoms. The van der Waals surface area contributed by atoms with E-state index in [2.05, 4.69) is 8.47 Å². The molecule has 2 aromatic rings. The molecule has 3 rings (SSSR count). The number of carbonyl (C=O) groups is 2. The first kappa shape index (κ1) is 19.7. The number of alkyl halides is 3. The van der Waals surface area contributed by atoms with Crippen LogP contribution < -0.4 is 0 Å². The maximum atomic E-state index is 12.7. The van der Waals surface area contributed by atoms with Crippen molar-refractivity contribution in [2.24, 2.45) is 0 Å². The van der Waals surface area contributed by atoms with Crippen LogP contribution in [-0.2, 0) is 28.5 Å². The molecular formula is C17H10F3NO6S. The van der Waals surface area contributed by atoms with Crippen LogP contribution in [0, 0.1) is 0 Å². The Balaban J connectivity index is 2.06. The van der Waals surface area contributed by atoms with Gasteiger partial charge in [0.2, 0.25) is 0 Å². The highest BCUT2D eigenvalue weighted by Crippen LogP contribution is 2.36. The largest absolute Gasteiger partial charge is 0.538 e. The number of carbonyl (C=O) groups excluding carboxylic acids is 2. The summed E-state index contributed by atoms with van der Waals surface area (Å²) in [6.45, 7) is 0. The SMILES string of the molecule is O=C1C(c2ccccc2)=C(c2ccccc2)C(=O)N1OS(=O)(=O)OC(F)(F)F. The third kappa shape index (κ3) is 4.11. The second kappa shape index (κ2) is 7.19. The number of halogens is 3. The fourth-order valence-electron chi connectivity index (χ4n) is 2.54. The average molecular weight is 413 g/mol. The zero-order valence-corrected chi connectivity index (χ0v) is 14.5. The molecular weight excluding hydrogens is 403 g/mol. The van der Waals surface area contributed by atoms with E-state index in [-0.39, 0.29) is 27.3 Å². The Hall–Kier alpha value is -3.02. The van der Waals surface area contributed by atoms with Crippen LogP contribution in [0.25, 0.3) is 11.1 Å². The summed E-state index contributed by atoms with van der Waals surface area (Å²) >= 11 is 0. The summed E-state index contributed by atoms with van der Waals surface area (Å²) in [7, 11) is -5.77. The van der Waals surface area contributed by atoms with Gasteiger partial charge in [0.1, 0.15) is 0 Å². The van der Waals surface area contributed by atoms with Gasteiger partial charge >= 0.3 is 16.8 Å². The van der Waals surface area contributed by atoms with Gasteiger partial charge in [-0.3, -0.25) is 9.59 Å². The molecule has 28 heavy (non-hydrogen) atoms. The Labute approximate surface area is 156 Å². The first-order valence-electron chi connectivity index (χ1n) is 7.55. The van der Waals surface area contributed by atoms with Crippen LogP contribution in [0.15, 0.2) is 60.7 Å². The van der Waals surface area contributed by atoms with E-state index in [1.54, 1.807) is 36.4 Å². The topological polar surface area (TPSA) is 90.0 Å². The van der Waals surface area contributed by atoms with Gasteiger partial charge in [-0.2, -0.15) is 8.42 Å². The van der Waals surface area contributed by atoms with Gasteiger partial charge < -0.3 is 0 Å².